The number of nitrogens with zero attached hydrogens (tertiary/aromatic N) is 3. The summed E-state index contributed by atoms with van der Waals surface area (Å²) < 4.78 is 15.1. The van der Waals surface area contributed by atoms with Crippen LogP contribution in [0.3, 0.4) is 0 Å². The van der Waals surface area contributed by atoms with E-state index in [1.165, 1.54) is 18.5 Å². The number of aromatic nitrogens is 3. The molecule has 1 heterocycles. The van der Waals surface area contributed by atoms with Crippen molar-refractivity contribution in [1.82, 2.24) is 14.8 Å². The van der Waals surface area contributed by atoms with Gasteiger partial charge in [-0.1, -0.05) is 42.5 Å². The van der Waals surface area contributed by atoms with Crippen LogP contribution < -0.4 is 5.32 Å². The summed E-state index contributed by atoms with van der Waals surface area (Å²) in [5, 5.41) is 7.00. The quantitative estimate of drug-likeness (QED) is 0.565. The van der Waals surface area contributed by atoms with Crippen LogP contribution in [0.5, 0.6) is 0 Å². The van der Waals surface area contributed by atoms with Crippen LogP contribution in [-0.2, 0) is 6.54 Å². The third kappa shape index (κ3) is 3.96. The number of carbonyl (C=O) groups is 1. The first-order valence-electron chi connectivity index (χ1n) is 8.77. The number of nitrogens with one attached hydrogen (secondary N) is 1. The first-order valence-corrected chi connectivity index (χ1v) is 8.77. The second kappa shape index (κ2) is 7.84. The summed E-state index contributed by atoms with van der Waals surface area (Å²) in [4.78, 5) is 16.7. The molecule has 1 amide bonds. The fourth-order valence-electron chi connectivity index (χ4n) is 2.98. The van der Waals surface area contributed by atoms with Gasteiger partial charge in [0.2, 0.25) is 0 Å². The fraction of sp³-hybridized carbons (Fsp3) is 0.0455. The number of amides is 1. The van der Waals surface area contributed by atoms with E-state index in [2.05, 4.69) is 15.4 Å². The van der Waals surface area contributed by atoms with E-state index in [0.29, 0.717) is 17.8 Å². The molecular formula is C22H17FN4O. The monoisotopic (exact) mass is 372 g/mol. The molecule has 0 radical (unpaired) electrons. The second-order valence-corrected chi connectivity index (χ2v) is 6.29. The van der Waals surface area contributed by atoms with Crippen LogP contribution in [0.15, 0.2) is 85.5 Å². The Morgan fingerprint density at radius 2 is 1.79 bits per heavy atom. The Balaban J connectivity index is 1.51. The minimum atomic E-state index is -0.279. The number of hydrogen-bond acceptors (Lipinski definition) is 3. The topological polar surface area (TPSA) is 59.8 Å². The Bertz CT molecular complexity index is 1090. The highest BCUT2D eigenvalue weighted by molar-refractivity contribution is 6.05. The van der Waals surface area contributed by atoms with Crippen molar-refractivity contribution in [2.75, 3.05) is 5.32 Å². The Kier molecular flexibility index (Phi) is 4.93. The van der Waals surface area contributed by atoms with E-state index < -0.39 is 0 Å². The highest BCUT2D eigenvalue weighted by atomic mass is 19.1. The van der Waals surface area contributed by atoms with Crippen molar-refractivity contribution in [3.8, 4) is 11.1 Å². The maximum Gasteiger partial charge on any atom is 0.256 e. The molecule has 1 N–H and O–H groups in total. The molecule has 0 bridgehead atoms. The highest BCUT2D eigenvalue weighted by Gasteiger charge is 2.12. The third-order valence-corrected chi connectivity index (χ3v) is 4.36. The molecule has 0 aliphatic heterocycles. The smallest absolute Gasteiger partial charge is 0.256 e. The lowest BCUT2D eigenvalue weighted by Crippen LogP contribution is -2.15. The van der Waals surface area contributed by atoms with Crippen LogP contribution in [-0.4, -0.2) is 20.7 Å². The van der Waals surface area contributed by atoms with Crippen molar-refractivity contribution >= 4 is 11.6 Å². The van der Waals surface area contributed by atoms with Gasteiger partial charge in [-0.25, -0.2) is 14.1 Å². The molecule has 0 unspecified atom stereocenters. The molecule has 0 aliphatic carbocycles. The Hall–Kier alpha value is -3.80. The Labute approximate surface area is 161 Å². The molecule has 0 saturated heterocycles. The van der Waals surface area contributed by atoms with Crippen LogP contribution >= 0.6 is 0 Å². The van der Waals surface area contributed by atoms with Crippen molar-refractivity contribution in [3.05, 3.63) is 102 Å². The molecule has 5 nitrogen and oxygen atoms in total. The second-order valence-electron chi connectivity index (χ2n) is 6.29. The van der Waals surface area contributed by atoms with Gasteiger partial charge in [-0.3, -0.25) is 4.79 Å². The first kappa shape index (κ1) is 17.6. The minimum absolute atomic E-state index is 0.200. The van der Waals surface area contributed by atoms with Crippen LogP contribution in [0.1, 0.15) is 15.9 Å². The van der Waals surface area contributed by atoms with E-state index in [0.717, 1.165) is 16.7 Å². The number of carbonyl (C=O) groups excluding carboxylic acids is 1. The highest BCUT2D eigenvalue weighted by Crippen LogP contribution is 2.22. The SMILES string of the molecule is O=C(Nc1ccc(-c2cccc(F)c2)cc1)c1ccccc1Cn1cncn1. The van der Waals surface area contributed by atoms with Crippen molar-refractivity contribution in [2.24, 2.45) is 0 Å². The van der Waals surface area contributed by atoms with Gasteiger partial charge in [-0.2, -0.15) is 5.10 Å². The van der Waals surface area contributed by atoms with E-state index in [1.807, 2.05) is 36.4 Å². The standard InChI is InChI=1S/C22H17FN4O/c23-19-6-3-5-17(12-19)16-8-10-20(11-9-16)26-22(28)21-7-2-1-4-18(21)13-27-15-24-14-25-27/h1-12,14-15H,13H2,(H,26,28). The summed E-state index contributed by atoms with van der Waals surface area (Å²) in [6, 6.07) is 21.1. The molecule has 138 valence electrons. The predicted octanol–water partition coefficient (Wildman–Crippen LogP) is 4.38. The van der Waals surface area contributed by atoms with Gasteiger partial charge in [0.1, 0.15) is 18.5 Å². The molecule has 1 aromatic heterocycles. The van der Waals surface area contributed by atoms with Crippen molar-refractivity contribution in [3.63, 3.8) is 0 Å². The number of benzene rings is 3. The Morgan fingerprint density at radius 1 is 0.964 bits per heavy atom. The predicted molar refractivity (Wildman–Crippen MR) is 105 cm³/mol. The lowest BCUT2D eigenvalue weighted by molar-refractivity contribution is 0.102. The minimum Gasteiger partial charge on any atom is -0.322 e. The van der Waals surface area contributed by atoms with Crippen LogP contribution in [0, 0.1) is 5.82 Å². The average Bonchev–Trinajstić information content (AvgIpc) is 3.22. The van der Waals surface area contributed by atoms with E-state index in [1.54, 1.807) is 35.3 Å². The lowest BCUT2D eigenvalue weighted by atomic mass is 10.0. The molecule has 3 aromatic carbocycles. The summed E-state index contributed by atoms with van der Waals surface area (Å²) in [5.41, 5.74) is 3.76. The molecule has 0 atom stereocenters. The molecule has 0 saturated carbocycles. The normalized spacial score (nSPS) is 10.6. The third-order valence-electron chi connectivity index (χ3n) is 4.36. The van der Waals surface area contributed by atoms with Crippen molar-refractivity contribution in [1.29, 1.82) is 0 Å². The van der Waals surface area contributed by atoms with E-state index >= 15 is 0 Å². The summed E-state index contributed by atoms with van der Waals surface area (Å²) in [6.07, 6.45) is 3.07. The summed E-state index contributed by atoms with van der Waals surface area (Å²) >= 11 is 0. The van der Waals surface area contributed by atoms with Gasteiger partial charge in [0.15, 0.2) is 0 Å². The molecule has 28 heavy (non-hydrogen) atoms. The molecule has 0 aliphatic rings. The number of rotatable bonds is 5. The summed E-state index contributed by atoms with van der Waals surface area (Å²) in [7, 11) is 0. The summed E-state index contributed by atoms with van der Waals surface area (Å²) in [5.74, 6) is -0.479. The number of anilines is 1. The molecular weight excluding hydrogens is 355 g/mol. The fourth-order valence-corrected chi connectivity index (χ4v) is 2.98. The molecule has 4 aromatic rings. The van der Waals surface area contributed by atoms with E-state index in [9.17, 15) is 9.18 Å². The lowest BCUT2D eigenvalue weighted by Gasteiger charge is -2.11. The zero-order valence-corrected chi connectivity index (χ0v) is 14.9. The first-order chi connectivity index (χ1) is 13.7. The Morgan fingerprint density at radius 3 is 2.54 bits per heavy atom. The van der Waals surface area contributed by atoms with Gasteiger partial charge in [0.25, 0.3) is 5.91 Å². The molecule has 4 rings (SSSR count). The van der Waals surface area contributed by atoms with Gasteiger partial charge in [-0.05, 0) is 47.0 Å². The number of halogens is 1. The maximum absolute atomic E-state index is 13.4. The summed E-state index contributed by atoms with van der Waals surface area (Å²) in [6.45, 7) is 0.460. The molecule has 0 spiro atoms. The van der Waals surface area contributed by atoms with Crippen molar-refractivity contribution in [2.45, 2.75) is 6.54 Å². The van der Waals surface area contributed by atoms with Gasteiger partial charge in [-0.15, -0.1) is 0 Å². The van der Waals surface area contributed by atoms with Gasteiger partial charge >= 0.3 is 0 Å². The molecule has 6 heteroatoms. The van der Waals surface area contributed by atoms with Crippen LogP contribution in [0.4, 0.5) is 10.1 Å². The van der Waals surface area contributed by atoms with Gasteiger partial charge < -0.3 is 5.32 Å². The zero-order valence-electron chi connectivity index (χ0n) is 14.9. The van der Waals surface area contributed by atoms with E-state index in [-0.39, 0.29) is 11.7 Å². The van der Waals surface area contributed by atoms with E-state index in [4.69, 9.17) is 0 Å². The average molecular weight is 372 g/mol. The van der Waals surface area contributed by atoms with Crippen LogP contribution in [0.2, 0.25) is 0 Å². The van der Waals surface area contributed by atoms with Crippen LogP contribution in [0.25, 0.3) is 11.1 Å². The maximum atomic E-state index is 13.4. The molecule has 0 fully saturated rings. The van der Waals surface area contributed by atoms with Crippen molar-refractivity contribution < 1.29 is 9.18 Å². The largest absolute Gasteiger partial charge is 0.322 e. The number of hydrogen-bond donors (Lipinski definition) is 1. The van der Waals surface area contributed by atoms with Gasteiger partial charge in [0.05, 0.1) is 6.54 Å². The van der Waals surface area contributed by atoms with Gasteiger partial charge in [0, 0.05) is 11.3 Å². The zero-order chi connectivity index (χ0) is 19.3.